The summed E-state index contributed by atoms with van der Waals surface area (Å²) >= 11 is 5.95. The molecule has 2 amide bonds. The van der Waals surface area contributed by atoms with E-state index >= 15 is 0 Å². The Morgan fingerprint density at radius 1 is 1.19 bits per heavy atom. The van der Waals surface area contributed by atoms with Crippen molar-refractivity contribution in [2.45, 2.75) is 19.3 Å². The Kier molecular flexibility index (Phi) is 6.42. The van der Waals surface area contributed by atoms with Crippen molar-refractivity contribution in [3.63, 3.8) is 0 Å². The van der Waals surface area contributed by atoms with E-state index in [-0.39, 0.29) is 22.9 Å². The summed E-state index contributed by atoms with van der Waals surface area (Å²) in [6.07, 6.45) is 4.16. The molecule has 0 spiro atoms. The molecule has 0 radical (unpaired) electrons. The molecule has 27 heavy (non-hydrogen) atoms. The Labute approximate surface area is 163 Å². The number of carbonyl (C=O) groups is 2. The fourth-order valence-corrected chi connectivity index (χ4v) is 3.44. The first kappa shape index (κ1) is 19.3. The number of primary amides is 1. The van der Waals surface area contributed by atoms with Gasteiger partial charge in [0.15, 0.2) is 0 Å². The molecule has 3 N–H and O–H groups in total. The van der Waals surface area contributed by atoms with E-state index in [1.807, 2.05) is 24.3 Å². The van der Waals surface area contributed by atoms with Gasteiger partial charge in [0.25, 0.3) is 5.91 Å². The number of piperidine rings is 1. The van der Waals surface area contributed by atoms with Gasteiger partial charge in [-0.05, 0) is 62.2 Å². The predicted octanol–water partition coefficient (Wildman–Crippen LogP) is 2.73. The Morgan fingerprint density at radius 2 is 1.89 bits per heavy atom. The molecule has 1 aliphatic heterocycles. The third-order valence-electron chi connectivity index (χ3n) is 4.92. The number of rotatable bonds is 6. The van der Waals surface area contributed by atoms with Crippen LogP contribution in [-0.2, 0) is 11.2 Å². The first-order chi connectivity index (χ1) is 13.0. The van der Waals surface area contributed by atoms with Crippen LogP contribution in [0.5, 0.6) is 0 Å². The molecule has 142 valence electrons. The third-order valence-corrected chi connectivity index (χ3v) is 5.22. The van der Waals surface area contributed by atoms with Crippen molar-refractivity contribution in [2.75, 3.05) is 25.0 Å². The molecule has 3 rings (SSSR count). The smallest absolute Gasteiger partial charge is 0.258 e. The number of anilines is 1. The lowest BCUT2D eigenvalue weighted by atomic mass is 9.96. The Morgan fingerprint density at radius 3 is 2.52 bits per heavy atom. The Bertz CT molecular complexity index is 802. The molecule has 0 aliphatic carbocycles. The van der Waals surface area contributed by atoms with Gasteiger partial charge in [0, 0.05) is 24.3 Å². The van der Waals surface area contributed by atoms with Crippen LogP contribution in [0.1, 0.15) is 28.8 Å². The van der Waals surface area contributed by atoms with Gasteiger partial charge in [0.1, 0.15) is 5.15 Å². The molecule has 0 unspecified atom stereocenters. The van der Waals surface area contributed by atoms with Gasteiger partial charge in [-0.2, -0.15) is 0 Å². The molecular formula is C20H23ClN4O2. The van der Waals surface area contributed by atoms with Gasteiger partial charge in [0.05, 0.1) is 5.56 Å². The molecule has 1 aliphatic rings. The number of benzene rings is 1. The van der Waals surface area contributed by atoms with Gasteiger partial charge in [-0.15, -0.1) is 0 Å². The van der Waals surface area contributed by atoms with Crippen molar-refractivity contribution in [3.8, 4) is 0 Å². The van der Waals surface area contributed by atoms with E-state index in [9.17, 15) is 9.59 Å². The van der Waals surface area contributed by atoms with E-state index in [0.717, 1.165) is 38.9 Å². The summed E-state index contributed by atoms with van der Waals surface area (Å²) in [5, 5.41) is 3.02. The molecule has 1 fully saturated rings. The molecule has 1 aromatic carbocycles. The zero-order chi connectivity index (χ0) is 19.2. The van der Waals surface area contributed by atoms with Gasteiger partial charge in [0.2, 0.25) is 5.91 Å². The molecule has 0 atom stereocenters. The second-order valence-electron chi connectivity index (χ2n) is 6.76. The number of likely N-dealkylation sites (tertiary alicyclic amines) is 1. The number of hydrogen-bond acceptors (Lipinski definition) is 4. The number of pyridine rings is 1. The summed E-state index contributed by atoms with van der Waals surface area (Å²) in [6, 6.07) is 11.1. The molecule has 1 aromatic heterocycles. The number of carbonyl (C=O) groups excluding carboxylic acids is 2. The van der Waals surface area contributed by atoms with E-state index in [4.69, 9.17) is 17.3 Å². The van der Waals surface area contributed by atoms with Crippen LogP contribution in [0, 0.1) is 5.92 Å². The average Bonchev–Trinajstić information content (AvgIpc) is 2.68. The maximum absolute atomic E-state index is 12.3. The topological polar surface area (TPSA) is 88.3 Å². The van der Waals surface area contributed by atoms with Crippen LogP contribution >= 0.6 is 11.6 Å². The summed E-state index contributed by atoms with van der Waals surface area (Å²) in [4.78, 5) is 29.7. The highest BCUT2D eigenvalue weighted by molar-refractivity contribution is 6.33. The zero-order valence-electron chi connectivity index (χ0n) is 15.0. The highest BCUT2D eigenvalue weighted by Crippen LogP contribution is 2.18. The van der Waals surface area contributed by atoms with Crippen molar-refractivity contribution in [2.24, 2.45) is 11.7 Å². The lowest BCUT2D eigenvalue weighted by Gasteiger charge is -2.30. The fraction of sp³-hybridized carbons (Fsp3) is 0.350. The summed E-state index contributed by atoms with van der Waals surface area (Å²) in [5.74, 6) is -0.435. The van der Waals surface area contributed by atoms with Crippen LogP contribution in [0.15, 0.2) is 42.6 Å². The standard InChI is InChI=1S/C20H23ClN4O2/c21-18-17(2-1-10-23-18)20(27)24-16-5-3-14(4-6-16)7-11-25-12-8-15(9-13-25)19(22)26/h1-6,10,15H,7-9,11-13H2,(H2,22,26)(H,24,27). The Hall–Kier alpha value is -2.44. The van der Waals surface area contributed by atoms with Crippen LogP contribution < -0.4 is 11.1 Å². The average molecular weight is 387 g/mol. The Balaban J connectivity index is 1.48. The number of nitrogens with two attached hydrogens (primary N) is 1. The van der Waals surface area contributed by atoms with Crippen molar-refractivity contribution >= 4 is 29.1 Å². The van der Waals surface area contributed by atoms with Crippen LogP contribution in [0.25, 0.3) is 0 Å². The lowest BCUT2D eigenvalue weighted by molar-refractivity contribution is -0.123. The highest BCUT2D eigenvalue weighted by Gasteiger charge is 2.22. The predicted molar refractivity (Wildman–Crippen MR) is 106 cm³/mol. The summed E-state index contributed by atoms with van der Waals surface area (Å²) in [5.41, 5.74) is 7.64. The van der Waals surface area contributed by atoms with Crippen LogP contribution in [0.2, 0.25) is 5.15 Å². The van der Waals surface area contributed by atoms with Crippen LogP contribution in [0.3, 0.4) is 0 Å². The number of hydrogen-bond donors (Lipinski definition) is 2. The summed E-state index contributed by atoms with van der Waals surface area (Å²) < 4.78 is 0. The van der Waals surface area contributed by atoms with Gasteiger partial charge in [-0.1, -0.05) is 23.7 Å². The molecule has 2 aromatic rings. The van der Waals surface area contributed by atoms with Gasteiger partial charge < -0.3 is 16.0 Å². The molecule has 6 nitrogen and oxygen atoms in total. The number of amides is 2. The number of nitrogens with one attached hydrogen (secondary N) is 1. The monoisotopic (exact) mass is 386 g/mol. The van der Waals surface area contributed by atoms with E-state index in [1.54, 1.807) is 18.3 Å². The maximum atomic E-state index is 12.3. The normalized spacial score (nSPS) is 15.4. The summed E-state index contributed by atoms with van der Waals surface area (Å²) in [6.45, 7) is 2.77. The van der Waals surface area contributed by atoms with Gasteiger partial charge >= 0.3 is 0 Å². The maximum Gasteiger partial charge on any atom is 0.258 e. The minimum absolute atomic E-state index is 0.0254. The summed E-state index contributed by atoms with van der Waals surface area (Å²) in [7, 11) is 0. The van der Waals surface area contributed by atoms with Crippen LogP contribution in [-0.4, -0.2) is 41.3 Å². The number of nitrogens with zero attached hydrogens (tertiary/aromatic N) is 2. The molecular weight excluding hydrogens is 364 g/mol. The van der Waals surface area contributed by atoms with Crippen molar-refractivity contribution in [1.82, 2.24) is 9.88 Å². The number of halogens is 1. The first-order valence-corrected chi connectivity index (χ1v) is 9.43. The number of aromatic nitrogens is 1. The lowest BCUT2D eigenvalue weighted by Crippen LogP contribution is -2.39. The van der Waals surface area contributed by atoms with Gasteiger partial charge in [-0.3, -0.25) is 9.59 Å². The van der Waals surface area contributed by atoms with Crippen molar-refractivity contribution in [3.05, 3.63) is 58.9 Å². The second-order valence-corrected chi connectivity index (χ2v) is 7.12. The first-order valence-electron chi connectivity index (χ1n) is 9.05. The third kappa shape index (κ3) is 5.28. The quantitative estimate of drug-likeness (QED) is 0.747. The van der Waals surface area contributed by atoms with Gasteiger partial charge in [-0.25, -0.2) is 4.98 Å². The molecule has 1 saturated heterocycles. The molecule has 7 heteroatoms. The molecule has 0 saturated carbocycles. The fourth-order valence-electron chi connectivity index (χ4n) is 3.24. The largest absolute Gasteiger partial charge is 0.369 e. The van der Waals surface area contributed by atoms with Crippen LogP contribution in [0.4, 0.5) is 5.69 Å². The van der Waals surface area contributed by atoms with E-state index < -0.39 is 0 Å². The van der Waals surface area contributed by atoms with E-state index in [1.165, 1.54) is 5.56 Å². The molecule has 0 bridgehead atoms. The second kappa shape index (κ2) is 8.97. The minimum Gasteiger partial charge on any atom is -0.369 e. The minimum atomic E-state index is -0.279. The SMILES string of the molecule is NC(=O)C1CCN(CCc2ccc(NC(=O)c3cccnc3Cl)cc2)CC1. The van der Waals surface area contributed by atoms with Crippen molar-refractivity contribution in [1.29, 1.82) is 0 Å². The highest BCUT2D eigenvalue weighted by atomic mass is 35.5. The van der Waals surface area contributed by atoms with E-state index in [0.29, 0.717) is 11.3 Å². The molecule has 2 heterocycles. The van der Waals surface area contributed by atoms with E-state index in [2.05, 4.69) is 15.2 Å². The zero-order valence-corrected chi connectivity index (χ0v) is 15.8. The van der Waals surface area contributed by atoms with Crippen molar-refractivity contribution < 1.29 is 9.59 Å².